The van der Waals surface area contributed by atoms with Crippen molar-refractivity contribution in [2.75, 3.05) is 19.8 Å². The van der Waals surface area contributed by atoms with Gasteiger partial charge in [-0.15, -0.1) is 0 Å². The summed E-state index contributed by atoms with van der Waals surface area (Å²) in [6, 6.07) is 7.64. The van der Waals surface area contributed by atoms with Crippen molar-refractivity contribution in [1.82, 2.24) is 15.1 Å². The van der Waals surface area contributed by atoms with E-state index >= 15 is 0 Å². The SMILES string of the molecule is Cn1cc(-c2cccc(OCC(=O)NCC3CCCO3)c2)cn1. The fraction of sp³-hybridized carbons (Fsp3) is 0.412. The number of carbonyl (C=O) groups excluding carboxylic acids is 1. The first-order valence-electron chi connectivity index (χ1n) is 7.81. The van der Waals surface area contributed by atoms with Crippen LogP contribution in [-0.4, -0.2) is 41.6 Å². The zero-order valence-electron chi connectivity index (χ0n) is 13.2. The molecule has 0 spiro atoms. The molecule has 1 aromatic heterocycles. The van der Waals surface area contributed by atoms with E-state index in [1.807, 2.05) is 37.5 Å². The standard InChI is InChI=1S/C17H21N3O3/c1-20-11-14(9-19-20)13-4-2-5-15(8-13)23-12-17(21)18-10-16-6-3-7-22-16/h2,4-5,8-9,11,16H,3,6-7,10,12H2,1H3,(H,18,21). The quantitative estimate of drug-likeness (QED) is 0.882. The third kappa shape index (κ3) is 4.32. The van der Waals surface area contributed by atoms with E-state index in [2.05, 4.69) is 10.4 Å². The predicted molar refractivity (Wildman–Crippen MR) is 86.1 cm³/mol. The second-order valence-corrected chi connectivity index (χ2v) is 5.66. The number of rotatable bonds is 6. The molecule has 0 bridgehead atoms. The Morgan fingerprint density at radius 1 is 1.48 bits per heavy atom. The molecule has 1 aliphatic heterocycles. The van der Waals surface area contributed by atoms with E-state index in [-0.39, 0.29) is 18.6 Å². The van der Waals surface area contributed by atoms with Crippen LogP contribution in [0.2, 0.25) is 0 Å². The van der Waals surface area contributed by atoms with Crippen LogP contribution in [0.1, 0.15) is 12.8 Å². The summed E-state index contributed by atoms with van der Waals surface area (Å²) in [5.74, 6) is 0.533. The van der Waals surface area contributed by atoms with Crippen LogP contribution < -0.4 is 10.1 Å². The van der Waals surface area contributed by atoms with Crippen LogP contribution in [-0.2, 0) is 16.6 Å². The summed E-state index contributed by atoms with van der Waals surface area (Å²) in [4.78, 5) is 11.8. The number of nitrogens with zero attached hydrogens (tertiary/aromatic N) is 2. The van der Waals surface area contributed by atoms with Crippen molar-refractivity contribution in [1.29, 1.82) is 0 Å². The lowest BCUT2D eigenvalue weighted by Gasteiger charge is -2.11. The van der Waals surface area contributed by atoms with Gasteiger partial charge >= 0.3 is 0 Å². The Morgan fingerprint density at radius 3 is 3.13 bits per heavy atom. The maximum atomic E-state index is 11.8. The van der Waals surface area contributed by atoms with Crippen LogP contribution in [0.4, 0.5) is 0 Å². The zero-order valence-corrected chi connectivity index (χ0v) is 13.2. The minimum Gasteiger partial charge on any atom is -0.484 e. The summed E-state index contributed by atoms with van der Waals surface area (Å²) in [5, 5.41) is 7.00. The molecule has 2 heterocycles. The molecule has 1 N–H and O–H groups in total. The fourth-order valence-electron chi connectivity index (χ4n) is 2.57. The molecule has 6 nitrogen and oxygen atoms in total. The fourth-order valence-corrected chi connectivity index (χ4v) is 2.57. The molecule has 0 radical (unpaired) electrons. The second-order valence-electron chi connectivity index (χ2n) is 5.66. The number of hydrogen-bond acceptors (Lipinski definition) is 4. The van der Waals surface area contributed by atoms with E-state index in [0.29, 0.717) is 12.3 Å². The summed E-state index contributed by atoms with van der Waals surface area (Å²) in [7, 11) is 1.88. The van der Waals surface area contributed by atoms with Gasteiger partial charge in [0.1, 0.15) is 5.75 Å². The summed E-state index contributed by atoms with van der Waals surface area (Å²) in [6.45, 7) is 1.35. The number of aryl methyl sites for hydroxylation is 1. The maximum Gasteiger partial charge on any atom is 0.258 e. The van der Waals surface area contributed by atoms with Crippen LogP contribution in [0.3, 0.4) is 0 Å². The van der Waals surface area contributed by atoms with E-state index in [4.69, 9.17) is 9.47 Å². The number of ether oxygens (including phenoxy) is 2. The molecule has 0 saturated carbocycles. The van der Waals surface area contributed by atoms with Crippen LogP contribution in [0.25, 0.3) is 11.1 Å². The van der Waals surface area contributed by atoms with E-state index in [1.165, 1.54) is 0 Å². The third-order valence-electron chi connectivity index (χ3n) is 3.79. The van der Waals surface area contributed by atoms with Crippen molar-refractivity contribution in [2.45, 2.75) is 18.9 Å². The molecule has 23 heavy (non-hydrogen) atoms. The Balaban J connectivity index is 1.50. The smallest absolute Gasteiger partial charge is 0.258 e. The molecule has 3 rings (SSSR count). The van der Waals surface area contributed by atoms with Crippen molar-refractivity contribution >= 4 is 5.91 Å². The van der Waals surface area contributed by atoms with Crippen molar-refractivity contribution in [3.05, 3.63) is 36.7 Å². The topological polar surface area (TPSA) is 65.4 Å². The third-order valence-corrected chi connectivity index (χ3v) is 3.79. The molecule has 1 amide bonds. The van der Waals surface area contributed by atoms with E-state index in [0.717, 1.165) is 30.6 Å². The number of benzene rings is 1. The van der Waals surface area contributed by atoms with Gasteiger partial charge in [-0.1, -0.05) is 12.1 Å². The summed E-state index contributed by atoms with van der Waals surface area (Å²) in [5.41, 5.74) is 2.02. The number of carbonyl (C=O) groups is 1. The molecule has 2 aromatic rings. The molecular weight excluding hydrogens is 294 g/mol. The lowest BCUT2D eigenvalue weighted by atomic mass is 10.1. The van der Waals surface area contributed by atoms with Gasteiger partial charge in [-0.3, -0.25) is 9.48 Å². The highest BCUT2D eigenvalue weighted by Crippen LogP contribution is 2.23. The lowest BCUT2D eigenvalue weighted by molar-refractivity contribution is -0.123. The van der Waals surface area contributed by atoms with Crippen LogP contribution in [0.15, 0.2) is 36.7 Å². The number of hydrogen-bond donors (Lipinski definition) is 1. The van der Waals surface area contributed by atoms with Crippen molar-refractivity contribution in [3.63, 3.8) is 0 Å². The number of aromatic nitrogens is 2. The van der Waals surface area contributed by atoms with E-state index in [1.54, 1.807) is 10.9 Å². The van der Waals surface area contributed by atoms with Crippen LogP contribution in [0.5, 0.6) is 5.75 Å². The highest BCUT2D eigenvalue weighted by molar-refractivity contribution is 5.77. The van der Waals surface area contributed by atoms with Gasteiger partial charge in [0.15, 0.2) is 6.61 Å². The molecule has 1 atom stereocenters. The lowest BCUT2D eigenvalue weighted by Crippen LogP contribution is -2.35. The van der Waals surface area contributed by atoms with Gasteiger partial charge in [0.25, 0.3) is 5.91 Å². The summed E-state index contributed by atoms with van der Waals surface area (Å²) < 4.78 is 12.8. The highest BCUT2D eigenvalue weighted by atomic mass is 16.5. The largest absolute Gasteiger partial charge is 0.484 e. The van der Waals surface area contributed by atoms with Gasteiger partial charge in [0.2, 0.25) is 0 Å². The molecule has 1 fully saturated rings. The van der Waals surface area contributed by atoms with Gasteiger partial charge in [-0.2, -0.15) is 5.10 Å². The van der Waals surface area contributed by atoms with Gasteiger partial charge in [-0.25, -0.2) is 0 Å². The Bertz CT molecular complexity index is 663. The molecule has 0 aliphatic carbocycles. The molecule has 122 valence electrons. The first-order chi connectivity index (χ1) is 11.2. The Morgan fingerprint density at radius 2 is 2.39 bits per heavy atom. The average molecular weight is 315 g/mol. The molecular formula is C17H21N3O3. The Kier molecular flexibility index (Phi) is 4.92. The molecule has 1 aliphatic rings. The van der Waals surface area contributed by atoms with Crippen molar-refractivity contribution < 1.29 is 14.3 Å². The van der Waals surface area contributed by atoms with Gasteiger partial charge in [-0.05, 0) is 30.5 Å². The first kappa shape index (κ1) is 15.6. The maximum absolute atomic E-state index is 11.8. The Labute approximate surface area is 135 Å². The summed E-state index contributed by atoms with van der Waals surface area (Å²) in [6.07, 6.45) is 5.96. The van der Waals surface area contributed by atoms with E-state index < -0.39 is 0 Å². The molecule has 1 saturated heterocycles. The van der Waals surface area contributed by atoms with Crippen LogP contribution >= 0.6 is 0 Å². The minimum atomic E-state index is -0.132. The van der Waals surface area contributed by atoms with Gasteiger partial charge in [0, 0.05) is 32.0 Å². The number of amides is 1. The second kappa shape index (κ2) is 7.28. The molecule has 1 aromatic carbocycles. The average Bonchev–Trinajstić information content (AvgIpc) is 3.23. The van der Waals surface area contributed by atoms with Gasteiger partial charge < -0.3 is 14.8 Å². The zero-order chi connectivity index (χ0) is 16.1. The molecule has 6 heteroatoms. The summed E-state index contributed by atoms with van der Waals surface area (Å²) >= 11 is 0. The van der Waals surface area contributed by atoms with E-state index in [9.17, 15) is 4.79 Å². The normalized spacial score (nSPS) is 17.2. The first-order valence-corrected chi connectivity index (χ1v) is 7.81. The Hall–Kier alpha value is -2.34. The molecule has 1 unspecified atom stereocenters. The number of nitrogens with one attached hydrogen (secondary N) is 1. The van der Waals surface area contributed by atoms with Crippen molar-refractivity contribution in [3.8, 4) is 16.9 Å². The predicted octanol–water partition coefficient (Wildman–Crippen LogP) is 1.76. The monoisotopic (exact) mass is 315 g/mol. The van der Waals surface area contributed by atoms with Crippen molar-refractivity contribution in [2.24, 2.45) is 7.05 Å². The van der Waals surface area contributed by atoms with Gasteiger partial charge in [0.05, 0.1) is 12.3 Å². The minimum absolute atomic E-state index is 0.00319. The highest BCUT2D eigenvalue weighted by Gasteiger charge is 2.16. The van der Waals surface area contributed by atoms with Crippen LogP contribution in [0, 0.1) is 0 Å².